The second kappa shape index (κ2) is 3.88. The molecule has 0 amide bonds. The van der Waals surface area contributed by atoms with Crippen molar-refractivity contribution in [3.8, 4) is 0 Å². The molecule has 0 saturated carbocycles. The number of esters is 1. The minimum Gasteiger partial charge on any atom is -0.465 e. The molecule has 0 spiro atoms. The first-order chi connectivity index (χ1) is 7.24. The standard InChI is InChI=1S/C11H12O4/c1-2-14-11(13)8-4-3-7-5-6-15-10(7)9(8)12/h5-6,8H,2-4H2,1H3/t8-/m1/s1. The first kappa shape index (κ1) is 9.96. The van der Waals surface area contributed by atoms with Gasteiger partial charge in [-0.15, -0.1) is 0 Å². The molecule has 1 aliphatic rings. The van der Waals surface area contributed by atoms with E-state index in [9.17, 15) is 9.59 Å². The predicted octanol–water partition coefficient (Wildman–Crippen LogP) is 1.59. The number of rotatable bonds is 2. The molecular formula is C11H12O4. The number of aryl methyl sites for hydroxylation is 1. The normalized spacial score (nSPS) is 19.8. The smallest absolute Gasteiger partial charge is 0.316 e. The molecule has 1 aromatic heterocycles. The van der Waals surface area contributed by atoms with Gasteiger partial charge in [0.1, 0.15) is 5.92 Å². The van der Waals surface area contributed by atoms with E-state index in [0.29, 0.717) is 25.2 Å². The number of hydrogen-bond donors (Lipinski definition) is 0. The van der Waals surface area contributed by atoms with Crippen LogP contribution in [0.4, 0.5) is 0 Å². The van der Waals surface area contributed by atoms with Crippen molar-refractivity contribution < 1.29 is 18.7 Å². The van der Waals surface area contributed by atoms with Crippen LogP contribution in [0.15, 0.2) is 16.7 Å². The maximum absolute atomic E-state index is 11.8. The van der Waals surface area contributed by atoms with Gasteiger partial charge in [-0.3, -0.25) is 9.59 Å². The Kier molecular flexibility index (Phi) is 2.58. The van der Waals surface area contributed by atoms with Crippen LogP contribution in [0.3, 0.4) is 0 Å². The van der Waals surface area contributed by atoms with E-state index in [1.54, 1.807) is 13.0 Å². The first-order valence-corrected chi connectivity index (χ1v) is 5.01. The van der Waals surface area contributed by atoms with E-state index in [0.717, 1.165) is 5.56 Å². The molecule has 0 fully saturated rings. The molecule has 0 aliphatic heterocycles. The fourth-order valence-electron chi connectivity index (χ4n) is 1.81. The largest absolute Gasteiger partial charge is 0.465 e. The SMILES string of the molecule is CCOC(=O)[C@@H]1CCc2ccoc2C1=O. The summed E-state index contributed by atoms with van der Waals surface area (Å²) >= 11 is 0. The molecule has 15 heavy (non-hydrogen) atoms. The topological polar surface area (TPSA) is 56.5 Å². The highest BCUT2D eigenvalue weighted by Gasteiger charge is 2.35. The number of fused-ring (bicyclic) bond motifs is 1. The van der Waals surface area contributed by atoms with E-state index in [-0.39, 0.29) is 5.78 Å². The summed E-state index contributed by atoms with van der Waals surface area (Å²) in [7, 11) is 0. The van der Waals surface area contributed by atoms with Crippen molar-refractivity contribution >= 4 is 11.8 Å². The number of carbonyl (C=O) groups is 2. The minimum absolute atomic E-state index is 0.250. The second-order valence-corrected chi connectivity index (χ2v) is 3.48. The minimum atomic E-state index is -0.677. The molecule has 0 N–H and O–H groups in total. The van der Waals surface area contributed by atoms with Crippen molar-refractivity contribution in [2.24, 2.45) is 5.92 Å². The van der Waals surface area contributed by atoms with Crippen LogP contribution in [0.25, 0.3) is 0 Å². The van der Waals surface area contributed by atoms with E-state index in [1.807, 2.05) is 0 Å². The second-order valence-electron chi connectivity index (χ2n) is 3.48. The van der Waals surface area contributed by atoms with Crippen LogP contribution in [-0.4, -0.2) is 18.4 Å². The summed E-state index contributed by atoms with van der Waals surface area (Å²) < 4.78 is 9.91. The van der Waals surface area contributed by atoms with Gasteiger partial charge >= 0.3 is 5.97 Å². The van der Waals surface area contributed by atoms with Crippen molar-refractivity contribution in [2.75, 3.05) is 6.61 Å². The lowest BCUT2D eigenvalue weighted by Crippen LogP contribution is -2.30. The first-order valence-electron chi connectivity index (χ1n) is 5.01. The number of Topliss-reactive ketones (excluding diaryl/α,β-unsaturated/α-hetero) is 1. The van der Waals surface area contributed by atoms with Crippen LogP contribution in [0.1, 0.15) is 29.5 Å². The third-order valence-electron chi connectivity index (χ3n) is 2.56. The Morgan fingerprint density at radius 2 is 2.47 bits per heavy atom. The van der Waals surface area contributed by atoms with E-state index >= 15 is 0 Å². The van der Waals surface area contributed by atoms with E-state index in [1.165, 1.54) is 6.26 Å². The lowest BCUT2D eigenvalue weighted by molar-refractivity contribution is -0.146. The van der Waals surface area contributed by atoms with Gasteiger partial charge in [0, 0.05) is 5.56 Å². The molecule has 0 saturated heterocycles. The van der Waals surface area contributed by atoms with Gasteiger partial charge in [0.25, 0.3) is 0 Å². The molecular weight excluding hydrogens is 196 g/mol. The van der Waals surface area contributed by atoms with E-state index in [2.05, 4.69) is 0 Å². The molecule has 1 atom stereocenters. The quantitative estimate of drug-likeness (QED) is 0.547. The highest BCUT2D eigenvalue weighted by Crippen LogP contribution is 2.27. The van der Waals surface area contributed by atoms with Gasteiger partial charge in [-0.1, -0.05) is 0 Å². The summed E-state index contributed by atoms with van der Waals surface area (Å²) in [4.78, 5) is 23.3. The molecule has 2 rings (SSSR count). The van der Waals surface area contributed by atoms with Crippen molar-refractivity contribution in [1.82, 2.24) is 0 Å². The van der Waals surface area contributed by atoms with Crippen LogP contribution in [0.2, 0.25) is 0 Å². The molecule has 1 aliphatic carbocycles. The van der Waals surface area contributed by atoms with Crippen LogP contribution >= 0.6 is 0 Å². The monoisotopic (exact) mass is 208 g/mol. The maximum Gasteiger partial charge on any atom is 0.316 e. The van der Waals surface area contributed by atoms with Crippen LogP contribution < -0.4 is 0 Å². The third-order valence-corrected chi connectivity index (χ3v) is 2.56. The summed E-state index contributed by atoms with van der Waals surface area (Å²) in [6, 6.07) is 1.77. The van der Waals surface area contributed by atoms with Crippen LogP contribution in [-0.2, 0) is 16.0 Å². The lowest BCUT2D eigenvalue weighted by Gasteiger charge is -2.17. The van der Waals surface area contributed by atoms with Crippen molar-refractivity contribution in [3.63, 3.8) is 0 Å². The highest BCUT2D eigenvalue weighted by atomic mass is 16.5. The van der Waals surface area contributed by atoms with Gasteiger partial charge in [-0.25, -0.2) is 0 Å². The molecule has 0 unspecified atom stereocenters. The predicted molar refractivity (Wildman–Crippen MR) is 51.5 cm³/mol. The summed E-state index contributed by atoms with van der Waals surface area (Å²) in [5.41, 5.74) is 0.889. The Bertz CT molecular complexity index is 391. The number of ketones is 1. The Morgan fingerprint density at radius 1 is 1.67 bits per heavy atom. The van der Waals surface area contributed by atoms with Gasteiger partial charge in [0.05, 0.1) is 12.9 Å². The van der Waals surface area contributed by atoms with Crippen molar-refractivity contribution in [3.05, 3.63) is 23.7 Å². The van der Waals surface area contributed by atoms with Gasteiger partial charge in [-0.05, 0) is 25.8 Å². The summed E-state index contributed by atoms with van der Waals surface area (Å²) in [6.45, 7) is 2.02. The van der Waals surface area contributed by atoms with Crippen LogP contribution in [0.5, 0.6) is 0 Å². The van der Waals surface area contributed by atoms with Crippen molar-refractivity contribution in [1.29, 1.82) is 0 Å². The Balaban J connectivity index is 2.20. The zero-order valence-electron chi connectivity index (χ0n) is 8.49. The Morgan fingerprint density at radius 3 is 3.20 bits per heavy atom. The maximum atomic E-state index is 11.8. The van der Waals surface area contributed by atoms with Crippen molar-refractivity contribution in [2.45, 2.75) is 19.8 Å². The molecule has 1 aromatic rings. The molecule has 80 valence electrons. The average Bonchev–Trinajstić information content (AvgIpc) is 2.67. The number of furan rings is 1. The zero-order valence-corrected chi connectivity index (χ0v) is 8.49. The lowest BCUT2D eigenvalue weighted by atomic mass is 9.87. The molecule has 0 bridgehead atoms. The molecule has 0 radical (unpaired) electrons. The number of ether oxygens (including phenoxy) is 1. The third kappa shape index (κ3) is 1.67. The van der Waals surface area contributed by atoms with Gasteiger partial charge in [0.2, 0.25) is 5.78 Å². The zero-order chi connectivity index (χ0) is 10.8. The van der Waals surface area contributed by atoms with E-state index < -0.39 is 11.9 Å². The Hall–Kier alpha value is -1.58. The Labute approximate surface area is 87.2 Å². The summed E-state index contributed by atoms with van der Waals surface area (Å²) in [6.07, 6.45) is 2.70. The van der Waals surface area contributed by atoms with Crippen LogP contribution in [0, 0.1) is 5.92 Å². The van der Waals surface area contributed by atoms with Gasteiger partial charge in [-0.2, -0.15) is 0 Å². The number of carbonyl (C=O) groups excluding carboxylic acids is 2. The highest BCUT2D eigenvalue weighted by molar-refractivity contribution is 6.08. The fraction of sp³-hybridized carbons (Fsp3) is 0.455. The molecule has 4 heteroatoms. The number of hydrogen-bond acceptors (Lipinski definition) is 4. The summed E-state index contributed by atoms with van der Waals surface area (Å²) in [5, 5.41) is 0. The van der Waals surface area contributed by atoms with Gasteiger partial charge < -0.3 is 9.15 Å². The molecule has 1 heterocycles. The molecule has 4 nitrogen and oxygen atoms in total. The fourth-order valence-corrected chi connectivity index (χ4v) is 1.81. The summed E-state index contributed by atoms with van der Waals surface area (Å²) in [5.74, 6) is -1.05. The average molecular weight is 208 g/mol. The van der Waals surface area contributed by atoms with E-state index in [4.69, 9.17) is 9.15 Å². The van der Waals surface area contributed by atoms with Gasteiger partial charge in [0.15, 0.2) is 5.76 Å². The molecule has 0 aromatic carbocycles.